The summed E-state index contributed by atoms with van der Waals surface area (Å²) in [5, 5.41) is 2.42. The molecule has 2 aromatic heterocycles. The monoisotopic (exact) mass is 296 g/mol. The smallest absolute Gasteiger partial charge is 0.410 e. The summed E-state index contributed by atoms with van der Waals surface area (Å²) in [5.41, 5.74) is 4.49. The Hall–Kier alpha value is -2.82. The van der Waals surface area contributed by atoms with Gasteiger partial charge in [-0.1, -0.05) is 0 Å². The SMILES string of the molecule is CNC(=O)Oc1ccc(-c2c[n+]3cc(C)ccc3n2C)cc1. The van der Waals surface area contributed by atoms with Gasteiger partial charge in [-0.25, -0.2) is 13.8 Å². The Labute approximate surface area is 128 Å². The molecule has 0 bridgehead atoms. The number of amides is 1. The molecule has 1 aromatic carbocycles. The summed E-state index contributed by atoms with van der Waals surface area (Å²) in [6.45, 7) is 2.07. The van der Waals surface area contributed by atoms with Gasteiger partial charge in [0.2, 0.25) is 0 Å². The number of hydrogen-bond donors (Lipinski definition) is 1. The topological polar surface area (TPSA) is 47.4 Å². The van der Waals surface area contributed by atoms with E-state index in [9.17, 15) is 4.79 Å². The molecule has 0 spiro atoms. The summed E-state index contributed by atoms with van der Waals surface area (Å²) >= 11 is 0. The van der Waals surface area contributed by atoms with E-state index in [1.54, 1.807) is 12.1 Å². The Morgan fingerprint density at radius 2 is 1.86 bits per heavy atom. The van der Waals surface area contributed by atoms with E-state index in [2.05, 4.69) is 45.7 Å². The molecule has 1 N–H and O–H groups in total. The summed E-state index contributed by atoms with van der Waals surface area (Å²) in [4.78, 5) is 11.2. The fourth-order valence-corrected chi connectivity index (χ4v) is 2.47. The van der Waals surface area contributed by atoms with Crippen LogP contribution in [0.2, 0.25) is 0 Å². The Morgan fingerprint density at radius 1 is 1.14 bits per heavy atom. The van der Waals surface area contributed by atoms with E-state index < -0.39 is 6.09 Å². The second-order valence-electron chi connectivity index (χ2n) is 5.21. The number of benzene rings is 1. The molecule has 0 unspecified atom stereocenters. The Bertz CT molecular complexity index is 835. The number of hydrogen-bond acceptors (Lipinski definition) is 2. The number of imidazole rings is 1. The molecule has 1 amide bonds. The lowest BCUT2D eigenvalue weighted by atomic mass is 10.1. The van der Waals surface area contributed by atoms with Gasteiger partial charge in [0.05, 0.1) is 13.2 Å². The molecule has 0 saturated heterocycles. The first-order valence-corrected chi connectivity index (χ1v) is 7.06. The van der Waals surface area contributed by atoms with E-state index in [0.29, 0.717) is 5.75 Å². The van der Waals surface area contributed by atoms with Crippen LogP contribution in [0.1, 0.15) is 5.56 Å². The summed E-state index contributed by atoms with van der Waals surface area (Å²) in [5.74, 6) is 0.519. The van der Waals surface area contributed by atoms with Gasteiger partial charge in [-0.15, -0.1) is 0 Å². The third-order valence-electron chi connectivity index (χ3n) is 3.63. The molecule has 0 fully saturated rings. The van der Waals surface area contributed by atoms with Gasteiger partial charge >= 0.3 is 6.09 Å². The van der Waals surface area contributed by atoms with Crippen LogP contribution in [0.3, 0.4) is 0 Å². The second-order valence-corrected chi connectivity index (χ2v) is 5.21. The van der Waals surface area contributed by atoms with Gasteiger partial charge in [-0.3, -0.25) is 0 Å². The molecule has 0 aliphatic heterocycles. The highest BCUT2D eigenvalue weighted by Gasteiger charge is 2.16. The first-order valence-electron chi connectivity index (χ1n) is 7.06. The minimum absolute atomic E-state index is 0.469. The molecule has 22 heavy (non-hydrogen) atoms. The molecule has 0 aliphatic carbocycles. The van der Waals surface area contributed by atoms with Crippen LogP contribution in [0.15, 0.2) is 48.8 Å². The van der Waals surface area contributed by atoms with Crippen molar-refractivity contribution in [3.8, 4) is 17.0 Å². The predicted octanol–water partition coefficient (Wildman–Crippen LogP) is 2.46. The van der Waals surface area contributed by atoms with Gasteiger partial charge in [0.1, 0.15) is 11.9 Å². The fourth-order valence-electron chi connectivity index (χ4n) is 2.47. The summed E-state index contributed by atoms with van der Waals surface area (Å²) in [7, 11) is 3.57. The minimum Gasteiger partial charge on any atom is -0.410 e. The van der Waals surface area contributed by atoms with Crippen molar-refractivity contribution in [1.29, 1.82) is 0 Å². The predicted molar refractivity (Wildman–Crippen MR) is 83.8 cm³/mol. The van der Waals surface area contributed by atoms with E-state index in [0.717, 1.165) is 16.9 Å². The molecule has 5 heteroatoms. The zero-order valence-electron chi connectivity index (χ0n) is 12.8. The lowest BCUT2D eigenvalue weighted by Crippen LogP contribution is -2.21. The molecule has 3 aromatic rings. The molecule has 0 atom stereocenters. The first-order chi connectivity index (χ1) is 10.6. The molecular weight excluding hydrogens is 278 g/mol. The number of rotatable bonds is 2. The van der Waals surface area contributed by atoms with Crippen molar-refractivity contribution in [2.75, 3.05) is 7.05 Å². The van der Waals surface area contributed by atoms with Crippen LogP contribution in [0.5, 0.6) is 5.75 Å². The average molecular weight is 296 g/mol. The molecule has 0 saturated carbocycles. The minimum atomic E-state index is -0.469. The lowest BCUT2D eigenvalue weighted by Gasteiger charge is -2.03. The van der Waals surface area contributed by atoms with E-state index in [1.165, 1.54) is 12.6 Å². The zero-order valence-corrected chi connectivity index (χ0v) is 12.8. The van der Waals surface area contributed by atoms with Crippen LogP contribution >= 0.6 is 0 Å². The van der Waals surface area contributed by atoms with Crippen LogP contribution < -0.4 is 14.5 Å². The maximum Gasteiger partial charge on any atom is 0.412 e. The summed E-state index contributed by atoms with van der Waals surface area (Å²) < 4.78 is 9.34. The number of fused-ring (bicyclic) bond motifs is 1. The molecule has 112 valence electrons. The highest BCUT2D eigenvalue weighted by atomic mass is 16.5. The Morgan fingerprint density at radius 3 is 2.55 bits per heavy atom. The van der Waals surface area contributed by atoms with Crippen molar-refractivity contribution in [2.24, 2.45) is 7.05 Å². The zero-order chi connectivity index (χ0) is 15.7. The number of carbonyl (C=O) groups is 1. The molecule has 3 rings (SSSR count). The molecule has 0 radical (unpaired) electrons. The van der Waals surface area contributed by atoms with Crippen LogP contribution in [-0.4, -0.2) is 17.7 Å². The van der Waals surface area contributed by atoms with E-state index >= 15 is 0 Å². The third kappa shape index (κ3) is 2.53. The van der Waals surface area contributed by atoms with Gasteiger partial charge in [0, 0.05) is 18.7 Å². The second kappa shape index (κ2) is 5.52. The van der Waals surface area contributed by atoms with E-state index in [1.807, 2.05) is 19.2 Å². The van der Waals surface area contributed by atoms with Gasteiger partial charge in [-0.05, 0) is 42.8 Å². The lowest BCUT2D eigenvalue weighted by molar-refractivity contribution is -0.510. The summed E-state index contributed by atoms with van der Waals surface area (Å²) in [6, 6.07) is 11.7. The van der Waals surface area contributed by atoms with Gasteiger partial charge in [0.15, 0.2) is 5.69 Å². The number of aryl methyl sites for hydroxylation is 2. The van der Waals surface area contributed by atoms with Crippen LogP contribution in [0.4, 0.5) is 4.79 Å². The van der Waals surface area contributed by atoms with E-state index in [-0.39, 0.29) is 0 Å². The first kappa shape index (κ1) is 14.1. The van der Waals surface area contributed by atoms with Crippen LogP contribution in [-0.2, 0) is 7.05 Å². The van der Waals surface area contributed by atoms with Crippen LogP contribution in [0.25, 0.3) is 16.9 Å². The maximum atomic E-state index is 11.2. The number of ether oxygens (including phenoxy) is 1. The fraction of sp³-hybridized carbons (Fsp3) is 0.176. The van der Waals surface area contributed by atoms with Crippen molar-refractivity contribution >= 4 is 11.7 Å². The molecule has 2 heterocycles. The number of nitrogens with zero attached hydrogens (tertiary/aromatic N) is 2. The van der Waals surface area contributed by atoms with Crippen LogP contribution in [0, 0.1) is 6.92 Å². The summed E-state index contributed by atoms with van der Waals surface area (Å²) in [6.07, 6.45) is 3.72. The third-order valence-corrected chi connectivity index (χ3v) is 3.63. The highest BCUT2D eigenvalue weighted by molar-refractivity contribution is 5.70. The number of carbonyl (C=O) groups excluding carboxylic acids is 1. The largest absolute Gasteiger partial charge is 0.412 e. The number of aromatic nitrogens is 2. The standard InChI is InChI=1S/C17H17N3O2/c1-12-4-9-16-19(3)15(11-20(16)10-12)13-5-7-14(8-6-13)22-17(21)18-2/h4-11H,1-3H3/p+1. The van der Waals surface area contributed by atoms with Crippen molar-refractivity contribution in [3.63, 3.8) is 0 Å². The van der Waals surface area contributed by atoms with Crippen molar-refractivity contribution < 1.29 is 13.9 Å². The maximum absolute atomic E-state index is 11.2. The average Bonchev–Trinajstić information content (AvgIpc) is 2.84. The number of nitrogens with one attached hydrogen (secondary N) is 1. The van der Waals surface area contributed by atoms with Crippen molar-refractivity contribution in [2.45, 2.75) is 6.92 Å². The Balaban J connectivity index is 1.97. The van der Waals surface area contributed by atoms with Gasteiger partial charge in [-0.2, -0.15) is 0 Å². The van der Waals surface area contributed by atoms with Crippen molar-refractivity contribution in [1.82, 2.24) is 9.88 Å². The Kier molecular flexibility index (Phi) is 3.55. The molecule has 5 nitrogen and oxygen atoms in total. The quantitative estimate of drug-likeness (QED) is 0.738. The normalized spacial score (nSPS) is 10.7. The number of pyridine rings is 1. The molecule has 0 aliphatic rings. The molecular formula is C17H18N3O2+. The van der Waals surface area contributed by atoms with Crippen molar-refractivity contribution in [3.05, 3.63) is 54.4 Å². The highest BCUT2D eigenvalue weighted by Crippen LogP contribution is 2.22. The van der Waals surface area contributed by atoms with Gasteiger partial charge in [0.25, 0.3) is 5.65 Å². The van der Waals surface area contributed by atoms with E-state index in [4.69, 9.17) is 4.74 Å². The van der Waals surface area contributed by atoms with Gasteiger partial charge < -0.3 is 10.1 Å².